The van der Waals surface area contributed by atoms with Crippen molar-refractivity contribution in [3.63, 3.8) is 0 Å². The number of carbonyl (C=O) groups is 5. The van der Waals surface area contributed by atoms with Crippen LogP contribution >= 0.6 is 45.3 Å². The van der Waals surface area contributed by atoms with E-state index in [2.05, 4.69) is 40.3 Å². The molecule has 0 radical (unpaired) electrons. The van der Waals surface area contributed by atoms with Crippen molar-refractivity contribution in [3.05, 3.63) is 252 Å². The third-order valence-corrected chi connectivity index (χ3v) is 21.4. The second-order valence-corrected chi connectivity index (χ2v) is 30.3. The molecule has 4 amide bonds. The van der Waals surface area contributed by atoms with Gasteiger partial charge in [0.15, 0.2) is 95.7 Å². The number of amides is 4. The predicted molar refractivity (Wildman–Crippen MR) is 476 cm³/mol. The minimum atomic E-state index is -0.833. The van der Waals surface area contributed by atoms with Gasteiger partial charge in [-0.2, -0.15) is 38.0 Å². The summed E-state index contributed by atoms with van der Waals surface area (Å²) in [4.78, 5) is 123. The maximum absolute atomic E-state index is 12.8. The second-order valence-electron chi connectivity index (χ2n) is 26.3. The van der Waals surface area contributed by atoms with Gasteiger partial charge >= 0.3 is 0 Å². The van der Waals surface area contributed by atoms with Gasteiger partial charge in [-0.05, 0) is 168 Å². The first-order valence-corrected chi connectivity index (χ1v) is 40.7. The molecule has 0 spiro atoms. The molecular weight excluding hydrogens is 1740 g/mol. The Hall–Kier alpha value is -16.2. The molecule has 0 aliphatic rings. The zero-order chi connectivity index (χ0) is 91.4. The molecule has 0 fully saturated rings. The van der Waals surface area contributed by atoms with Gasteiger partial charge in [0.1, 0.15) is 23.0 Å². The number of carboxylic acids is 1. The molecule has 0 atom stereocenters. The Labute approximate surface area is 738 Å². The predicted octanol–water partition coefficient (Wildman–Crippen LogP) is 5.08. The van der Waals surface area contributed by atoms with Crippen molar-refractivity contribution in [1.82, 2.24) is 58.4 Å². The fraction of sp³-hybridized carbons (Fsp3) is 0.151. The molecule has 656 valence electrons. The number of ether oxygens (including phenoxy) is 12. The van der Waals surface area contributed by atoms with Crippen LogP contribution in [-0.4, -0.2) is 176 Å². The number of carboxylic acid groups (broad SMARTS) is 1. The van der Waals surface area contributed by atoms with E-state index in [0.717, 1.165) is 29.2 Å². The number of methoxy groups -OCH3 is 8. The quantitative estimate of drug-likeness (QED) is 0.0427. The van der Waals surface area contributed by atoms with E-state index in [1.54, 1.807) is 251 Å². The van der Waals surface area contributed by atoms with Crippen molar-refractivity contribution < 1.29 is 85.9 Å². The van der Waals surface area contributed by atoms with E-state index < -0.39 is 29.6 Å². The largest absolute Gasteiger partial charge is 0.493 e. The highest BCUT2D eigenvalue weighted by atomic mass is 32.1. The lowest BCUT2D eigenvalue weighted by molar-refractivity contribution is -0.134. The number of benzene rings is 8. The van der Waals surface area contributed by atoms with E-state index >= 15 is 0 Å². The molecule has 8 aromatic carbocycles. The smallest absolute Gasteiger partial charge is 0.300 e. The highest BCUT2D eigenvalue weighted by molar-refractivity contribution is 7.16. The Morgan fingerprint density at radius 1 is 0.305 bits per heavy atom. The number of hydrogen-bond acceptors (Lipinski definition) is 33. The van der Waals surface area contributed by atoms with Crippen LogP contribution in [0.2, 0.25) is 0 Å². The van der Waals surface area contributed by atoms with E-state index in [-0.39, 0.29) is 48.7 Å². The number of primary amides is 4. The Morgan fingerprint density at radius 2 is 0.484 bits per heavy atom. The van der Waals surface area contributed by atoms with Crippen LogP contribution in [0.5, 0.6) is 69.0 Å². The molecule has 0 saturated heterocycles. The van der Waals surface area contributed by atoms with Crippen molar-refractivity contribution in [1.29, 1.82) is 0 Å². The number of thiazole rings is 4. The molecule has 128 heavy (non-hydrogen) atoms. The van der Waals surface area contributed by atoms with Crippen LogP contribution in [0.1, 0.15) is 29.2 Å². The molecule has 8 aromatic heterocycles. The first-order valence-electron chi connectivity index (χ1n) is 37.5. The summed E-state index contributed by atoms with van der Waals surface area (Å²) < 4.78 is 70.3. The fourth-order valence-corrected chi connectivity index (χ4v) is 15.2. The van der Waals surface area contributed by atoms with Crippen LogP contribution in [0.15, 0.2) is 189 Å². The molecule has 16 rings (SSSR count). The van der Waals surface area contributed by atoms with Gasteiger partial charge in [-0.25, -0.2) is 0 Å². The van der Waals surface area contributed by atoms with Crippen LogP contribution in [0.4, 0.5) is 0 Å². The summed E-state index contributed by atoms with van der Waals surface area (Å²) in [5, 5.41) is 24.8. The molecule has 16 aromatic rings. The monoisotopic (exact) mass is 1810 g/mol. The number of aromatic nitrogens is 12. The summed E-state index contributed by atoms with van der Waals surface area (Å²) in [6.07, 6.45) is 6.99. The first-order chi connectivity index (χ1) is 61.6. The minimum absolute atomic E-state index is 0.191. The van der Waals surface area contributed by atoms with E-state index in [1.165, 1.54) is 63.4 Å². The Bertz CT molecular complexity index is 6410. The summed E-state index contributed by atoms with van der Waals surface area (Å²) in [5.74, 6) is 5.33. The van der Waals surface area contributed by atoms with E-state index in [0.29, 0.717) is 153 Å². The molecule has 9 N–H and O–H groups in total. The lowest BCUT2D eigenvalue weighted by atomic mass is 10.2. The van der Waals surface area contributed by atoms with Gasteiger partial charge in [0.2, 0.25) is 19.8 Å². The summed E-state index contributed by atoms with van der Waals surface area (Å²) in [6.45, 7) is 0.321. The molecule has 0 unspecified atom stereocenters. The van der Waals surface area contributed by atoms with Crippen molar-refractivity contribution in [2.45, 2.75) is 6.92 Å². The molecular formula is C86H76N16O22S4. The Balaban J connectivity index is 0.000000152. The number of fused-ring (bicyclic) bond motifs is 4. The highest BCUT2D eigenvalue weighted by Gasteiger charge is 2.21. The summed E-state index contributed by atoms with van der Waals surface area (Å²) in [6, 6.07) is 49.1. The van der Waals surface area contributed by atoms with Crippen LogP contribution in [0, 0.1) is 0 Å². The zero-order valence-corrected chi connectivity index (χ0v) is 72.4. The van der Waals surface area contributed by atoms with Gasteiger partial charge < -0.3 is 84.9 Å². The molecule has 0 bridgehead atoms. The average Bonchev–Trinajstić information content (AvgIpc) is 1.64. The number of rotatable bonds is 28. The maximum Gasteiger partial charge on any atom is 0.300 e. The number of nitrogens with two attached hydrogens (primary N) is 4. The molecule has 38 nitrogen and oxygen atoms in total. The number of aliphatic carboxylic acids is 1. The fourth-order valence-electron chi connectivity index (χ4n) is 11.6. The average molecular weight is 1810 g/mol. The number of hydrogen-bond donors (Lipinski definition) is 5. The normalized spacial score (nSPS) is 11.4. The van der Waals surface area contributed by atoms with Crippen LogP contribution in [0.3, 0.4) is 0 Å². The zero-order valence-electron chi connectivity index (χ0n) is 69.1. The van der Waals surface area contributed by atoms with E-state index in [4.69, 9.17) is 89.7 Å². The van der Waals surface area contributed by atoms with Gasteiger partial charge in [-0.3, -0.25) is 43.2 Å². The molecule has 0 aliphatic carbocycles. The van der Waals surface area contributed by atoms with Gasteiger partial charge in [0, 0.05) is 29.2 Å². The van der Waals surface area contributed by atoms with Crippen molar-refractivity contribution >= 4 is 119 Å². The molecule has 0 saturated carbocycles. The summed E-state index contributed by atoms with van der Waals surface area (Å²) in [7, 11) is 12.4. The minimum Gasteiger partial charge on any atom is -0.493 e. The molecule has 0 aliphatic heterocycles. The molecule has 8 heterocycles. The maximum atomic E-state index is 12.8. The SMILES string of the molecule is CC(=O)O.COc1ccc(-c2nc3s/c(=C\c4ccc(OCC(N)=O)cc4)c(=O)n3n2)cc1OC.COc1ccc(-c2nc3s/c(=C\c4ccc(OCC(N)=O)cc4)c(=O)n3n2)cc1OC.COc1ccc(-c2nc3s/c(=C\c4ccc(OCC(N)=O)cc4)c(=O)n3n2)cc1OC.COc1ccc(-c2nc3s/c(=C\c4ccc(OCC(N)=O)cc4)c(=O)n3n2)cc1OC. The van der Waals surface area contributed by atoms with Gasteiger partial charge in [-0.1, -0.05) is 93.9 Å². The van der Waals surface area contributed by atoms with Gasteiger partial charge in [-0.15, -0.1) is 20.4 Å². The Morgan fingerprint density at radius 3 is 0.641 bits per heavy atom. The van der Waals surface area contributed by atoms with Gasteiger partial charge in [0.05, 0.1) is 75.0 Å². The third kappa shape index (κ3) is 22.6. The summed E-state index contributed by atoms with van der Waals surface area (Å²) >= 11 is 4.97. The Kier molecular flexibility index (Phi) is 29.7. The van der Waals surface area contributed by atoms with Gasteiger partial charge in [0.25, 0.3) is 51.8 Å². The lowest BCUT2D eigenvalue weighted by Crippen LogP contribution is -2.23. The van der Waals surface area contributed by atoms with Crippen LogP contribution < -0.4 is 120 Å². The number of carbonyl (C=O) groups excluding carboxylic acids is 4. The highest BCUT2D eigenvalue weighted by Crippen LogP contribution is 2.36. The lowest BCUT2D eigenvalue weighted by Gasteiger charge is -2.07. The van der Waals surface area contributed by atoms with Crippen LogP contribution in [-0.2, 0) is 24.0 Å². The van der Waals surface area contributed by atoms with Crippen molar-refractivity contribution in [2.24, 2.45) is 22.9 Å². The number of nitrogens with zero attached hydrogens (tertiary/aromatic N) is 12. The van der Waals surface area contributed by atoms with Crippen molar-refractivity contribution in [3.8, 4) is 115 Å². The van der Waals surface area contributed by atoms with Crippen molar-refractivity contribution in [2.75, 3.05) is 83.3 Å². The van der Waals surface area contributed by atoms with E-state index in [9.17, 15) is 38.4 Å². The molecule has 42 heteroatoms. The van der Waals surface area contributed by atoms with E-state index in [1.807, 2.05) is 0 Å². The summed E-state index contributed by atoms with van der Waals surface area (Å²) in [5.41, 5.74) is 25.3. The van der Waals surface area contributed by atoms with Crippen LogP contribution in [0.25, 0.3) is 89.7 Å². The second kappa shape index (κ2) is 41.8. The standard InChI is InChI=1S/4C21H18N4O5S.C2H4O2/c4*1-28-15-8-5-13(10-16(15)29-2)19-23-21-25(24-19)20(27)17(31-21)9-12-3-6-14(7-4-12)30-11-18(22)26;1-2(3)4/h4*3-10H,11H2,1-2H3,(H2,22,26);1H3,(H,3,4)/b4*17-9-;. The third-order valence-electron chi connectivity index (χ3n) is 17.5. The first kappa shape index (κ1) is 91.0. The topological polar surface area (TPSA) is 509 Å².